The van der Waals surface area contributed by atoms with Crippen LogP contribution in [0.2, 0.25) is 5.22 Å². The van der Waals surface area contributed by atoms with E-state index in [0.29, 0.717) is 18.0 Å². The molecule has 0 saturated heterocycles. The summed E-state index contributed by atoms with van der Waals surface area (Å²) in [4.78, 5) is 11.7. The van der Waals surface area contributed by atoms with Crippen LogP contribution >= 0.6 is 23.2 Å². The summed E-state index contributed by atoms with van der Waals surface area (Å²) in [5, 5.41) is 2.81. The second-order valence-electron chi connectivity index (χ2n) is 3.91. The quantitative estimate of drug-likeness (QED) is 0.806. The van der Waals surface area contributed by atoms with E-state index in [0.717, 1.165) is 12.8 Å². The summed E-state index contributed by atoms with van der Waals surface area (Å²) < 4.78 is 4.85. The number of hydrogen-bond acceptors (Lipinski definition) is 2. The summed E-state index contributed by atoms with van der Waals surface area (Å²) in [5.74, 6) is 0.164. The van der Waals surface area contributed by atoms with Crippen LogP contribution in [0.1, 0.15) is 37.0 Å². The Kier molecular flexibility index (Phi) is 5.86. The minimum atomic E-state index is -0.250. The van der Waals surface area contributed by atoms with Crippen molar-refractivity contribution in [3.8, 4) is 0 Å². The second-order valence-corrected chi connectivity index (χ2v) is 4.81. The zero-order valence-corrected chi connectivity index (χ0v) is 11.5. The lowest BCUT2D eigenvalue weighted by Gasteiger charge is -2.19. The monoisotopic (exact) mass is 277 g/mol. The largest absolute Gasteiger partial charge is 0.452 e. The highest BCUT2D eigenvalue weighted by molar-refractivity contribution is 6.32. The van der Waals surface area contributed by atoms with Gasteiger partial charge in [-0.2, -0.15) is 0 Å². The van der Waals surface area contributed by atoms with Crippen molar-refractivity contribution in [2.24, 2.45) is 5.92 Å². The maximum atomic E-state index is 11.7. The van der Waals surface area contributed by atoms with E-state index in [1.54, 1.807) is 0 Å². The van der Waals surface area contributed by atoms with Crippen molar-refractivity contribution < 1.29 is 9.21 Å². The Hall–Kier alpha value is -0.670. The highest BCUT2D eigenvalue weighted by Crippen LogP contribution is 2.19. The van der Waals surface area contributed by atoms with Crippen LogP contribution in [-0.2, 0) is 0 Å². The van der Waals surface area contributed by atoms with Gasteiger partial charge in [0.05, 0.1) is 17.2 Å². The van der Waals surface area contributed by atoms with Crippen molar-refractivity contribution in [2.75, 3.05) is 6.54 Å². The fourth-order valence-corrected chi connectivity index (χ4v) is 2.34. The molecule has 0 aromatic carbocycles. The number of hydrogen-bond donors (Lipinski definition) is 1. The fraction of sp³-hybridized carbons (Fsp3) is 0.583. The third-order valence-corrected chi connectivity index (χ3v) is 3.68. The number of halogens is 2. The fourth-order valence-electron chi connectivity index (χ4n) is 1.71. The van der Waals surface area contributed by atoms with E-state index in [9.17, 15) is 4.79 Å². The van der Waals surface area contributed by atoms with Gasteiger partial charge in [0.15, 0.2) is 0 Å². The van der Waals surface area contributed by atoms with E-state index < -0.39 is 0 Å². The molecule has 1 aromatic heterocycles. The zero-order valence-electron chi connectivity index (χ0n) is 10.0. The van der Waals surface area contributed by atoms with Crippen molar-refractivity contribution in [1.29, 1.82) is 0 Å². The number of carbonyl (C=O) groups is 1. The molecule has 1 rings (SSSR count). The van der Waals surface area contributed by atoms with Gasteiger partial charge in [-0.1, -0.05) is 26.7 Å². The molecular weight excluding hydrogens is 261 g/mol. The van der Waals surface area contributed by atoms with E-state index in [2.05, 4.69) is 19.2 Å². The lowest BCUT2D eigenvalue weighted by molar-refractivity contribution is 0.0951. The molecule has 0 radical (unpaired) electrons. The Bertz CT molecular complexity index is 361. The number of furan rings is 1. The highest BCUT2D eigenvalue weighted by Gasteiger charge is 2.18. The van der Waals surface area contributed by atoms with Crippen LogP contribution < -0.4 is 5.32 Å². The van der Waals surface area contributed by atoms with Crippen LogP contribution in [0.15, 0.2) is 16.7 Å². The predicted octanol–water partition coefficient (Wildman–Crippen LogP) is 3.71. The Morgan fingerprint density at radius 1 is 1.47 bits per heavy atom. The molecule has 5 heteroatoms. The van der Waals surface area contributed by atoms with E-state index in [4.69, 9.17) is 27.6 Å². The molecule has 0 aliphatic carbocycles. The summed E-state index contributed by atoms with van der Waals surface area (Å²) in [6.45, 7) is 4.63. The third-order valence-electron chi connectivity index (χ3n) is 2.88. The minimum Gasteiger partial charge on any atom is -0.452 e. The summed E-state index contributed by atoms with van der Waals surface area (Å²) in [7, 11) is 0. The van der Waals surface area contributed by atoms with Gasteiger partial charge in [-0.15, -0.1) is 11.6 Å². The van der Waals surface area contributed by atoms with Gasteiger partial charge in [0, 0.05) is 6.54 Å². The Morgan fingerprint density at radius 3 is 2.59 bits per heavy atom. The smallest absolute Gasteiger partial charge is 0.256 e. The maximum Gasteiger partial charge on any atom is 0.256 e. The van der Waals surface area contributed by atoms with Crippen molar-refractivity contribution in [3.63, 3.8) is 0 Å². The van der Waals surface area contributed by atoms with Crippen LogP contribution in [0.3, 0.4) is 0 Å². The maximum absolute atomic E-state index is 11.7. The number of alkyl halides is 1. The molecule has 0 fully saturated rings. The third kappa shape index (κ3) is 3.93. The summed E-state index contributed by atoms with van der Waals surface area (Å²) in [6.07, 6.45) is 3.40. The zero-order chi connectivity index (χ0) is 12.8. The average Bonchev–Trinajstić information content (AvgIpc) is 2.74. The van der Waals surface area contributed by atoms with Crippen molar-refractivity contribution in [2.45, 2.75) is 32.1 Å². The Labute approximate surface area is 111 Å². The highest BCUT2D eigenvalue weighted by atomic mass is 35.5. The molecule has 3 nitrogen and oxygen atoms in total. The van der Waals surface area contributed by atoms with Crippen LogP contribution in [0.4, 0.5) is 0 Å². The second kappa shape index (κ2) is 6.92. The number of nitrogens with one attached hydrogen (secondary N) is 1. The van der Waals surface area contributed by atoms with Gasteiger partial charge >= 0.3 is 0 Å². The molecular formula is C12H17Cl2NO2. The van der Waals surface area contributed by atoms with Crippen LogP contribution in [0.25, 0.3) is 0 Å². The average molecular weight is 278 g/mol. The normalized spacial score (nSPS) is 12.8. The summed E-state index contributed by atoms with van der Waals surface area (Å²) in [6, 6.07) is 1.54. The summed E-state index contributed by atoms with van der Waals surface area (Å²) in [5.41, 5.74) is 0.347. The van der Waals surface area contributed by atoms with Crippen LogP contribution in [-0.4, -0.2) is 17.8 Å². The molecule has 1 N–H and O–H groups in total. The summed E-state index contributed by atoms with van der Waals surface area (Å²) >= 11 is 11.9. The molecule has 1 aromatic rings. The standard InChI is InChI=1S/C12H17Cl2NO2/c1-3-8(4-2)10(13)7-15-12(16)9-5-6-17-11(9)14/h5-6,8,10H,3-4,7H2,1-2H3,(H,15,16). The molecule has 0 bridgehead atoms. The van der Waals surface area contributed by atoms with Crippen molar-refractivity contribution >= 4 is 29.1 Å². The molecule has 1 atom stereocenters. The molecule has 96 valence electrons. The van der Waals surface area contributed by atoms with Gasteiger partial charge < -0.3 is 9.73 Å². The molecule has 0 aliphatic heterocycles. The molecule has 0 saturated carbocycles. The molecule has 0 spiro atoms. The number of carbonyl (C=O) groups excluding carboxylic acids is 1. The molecule has 0 aliphatic rings. The van der Waals surface area contributed by atoms with E-state index in [1.165, 1.54) is 12.3 Å². The number of amides is 1. The van der Waals surface area contributed by atoms with Crippen LogP contribution in [0.5, 0.6) is 0 Å². The first-order valence-corrected chi connectivity index (χ1v) is 6.56. The van der Waals surface area contributed by atoms with Crippen molar-refractivity contribution in [3.05, 3.63) is 23.1 Å². The lowest BCUT2D eigenvalue weighted by atomic mass is 9.99. The van der Waals surface area contributed by atoms with Crippen molar-refractivity contribution in [1.82, 2.24) is 5.32 Å². The molecule has 17 heavy (non-hydrogen) atoms. The first kappa shape index (κ1) is 14.4. The minimum absolute atomic E-state index is 0.0559. The van der Waals surface area contributed by atoms with E-state index >= 15 is 0 Å². The van der Waals surface area contributed by atoms with Gasteiger partial charge in [-0.3, -0.25) is 4.79 Å². The molecule has 1 amide bonds. The van der Waals surface area contributed by atoms with Gasteiger partial charge in [0.2, 0.25) is 5.22 Å². The van der Waals surface area contributed by atoms with Gasteiger partial charge in [-0.05, 0) is 23.6 Å². The van der Waals surface area contributed by atoms with Gasteiger partial charge in [-0.25, -0.2) is 0 Å². The SMILES string of the molecule is CCC(CC)C(Cl)CNC(=O)c1ccoc1Cl. The van der Waals surface area contributed by atoms with Gasteiger partial charge in [0.25, 0.3) is 5.91 Å². The first-order valence-electron chi connectivity index (χ1n) is 5.75. The lowest BCUT2D eigenvalue weighted by Crippen LogP contribution is -2.33. The predicted molar refractivity (Wildman–Crippen MR) is 69.8 cm³/mol. The number of rotatable bonds is 6. The topological polar surface area (TPSA) is 42.2 Å². The Morgan fingerprint density at radius 2 is 2.12 bits per heavy atom. The Balaban J connectivity index is 2.46. The first-order chi connectivity index (χ1) is 8.10. The molecule has 1 unspecified atom stereocenters. The van der Waals surface area contributed by atoms with Gasteiger partial charge in [0.1, 0.15) is 0 Å². The van der Waals surface area contributed by atoms with Crippen LogP contribution in [0, 0.1) is 5.92 Å². The van der Waals surface area contributed by atoms with E-state index in [1.807, 2.05) is 0 Å². The van der Waals surface area contributed by atoms with E-state index in [-0.39, 0.29) is 16.5 Å². The molecule has 1 heterocycles.